The lowest BCUT2D eigenvalue weighted by Crippen LogP contribution is -2.44. The molecule has 0 heterocycles. The zero-order valence-corrected chi connectivity index (χ0v) is 18.4. The molecule has 1 unspecified atom stereocenters. The van der Waals surface area contributed by atoms with Crippen molar-refractivity contribution >= 4 is 23.4 Å². The summed E-state index contributed by atoms with van der Waals surface area (Å²) < 4.78 is 0. The van der Waals surface area contributed by atoms with Crippen LogP contribution < -0.4 is 5.32 Å². The highest BCUT2D eigenvalue weighted by Crippen LogP contribution is 2.25. The first-order valence-electron chi connectivity index (χ1n) is 10.5. The minimum atomic E-state index is -0.715. The van der Waals surface area contributed by atoms with Gasteiger partial charge in [-0.05, 0) is 35.2 Å². The maximum absolute atomic E-state index is 13.5. The van der Waals surface area contributed by atoms with Gasteiger partial charge in [0.25, 0.3) is 0 Å². The molecule has 3 rings (SSSR count). The Morgan fingerprint density at radius 3 is 2.10 bits per heavy atom. The molecule has 0 aliphatic rings. The van der Waals surface area contributed by atoms with Crippen LogP contribution in [0.25, 0.3) is 0 Å². The van der Waals surface area contributed by atoms with E-state index in [1.807, 2.05) is 79.7 Å². The molecule has 5 heteroatoms. The molecule has 31 heavy (non-hydrogen) atoms. The lowest BCUT2D eigenvalue weighted by molar-refractivity contribution is -0.141. The number of carbonyl (C=O) groups is 2. The molecule has 1 atom stereocenters. The Kier molecular flexibility index (Phi) is 8.25. The van der Waals surface area contributed by atoms with Gasteiger partial charge in [0.2, 0.25) is 11.8 Å². The number of hydrogen-bond donors (Lipinski definition) is 1. The van der Waals surface area contributed by atoms with E-state index >= 15 is 0 Å². The third-order valence-electron chi connectivity index (χ3n) is 5.01. The lowest BCUT2D eigenvalue weighted by Gasteiger charge is -2.32. The maximum atomic E-state index is 13.5. The molecule has 0 saturated carbocycles. The van der Waals surface area contributed by atoms with E-state index in [4.69, 9.17) is 11.6 Å². The summed E-state index contributed by atoms with van der Waals surface area (Å²) in [6.07, 6.45) is 1.01. The zero-order chi connectivity index (χ0) is 22.1. The van der Waals surface area contributed by atoms with Gasteiger partial charge in [0.15, 0.2) is 0 Å². The fraction of sp³-hybridized carbons (Fsp3) is 0.231. The summed E-state index contributed by atoms with van der Waals surface area (Å²) >= 11 is 5.99. The Hall–Kier alpha value is -3.11. The van der Waals surface area contributed by atoms with Gasteiger partial charge in [-0.1, -0.05) is 91.3 Å². The number of nitrogens with zero attached hydrogens (tertiary/aromatic N) is 1. The van der Waals surface area contributed by atoms with Gasteiger partial charge in [0, 0.05) is 18.1 Å². The Balaban J connectivity index is 1.96. The van der Waals surface area contributed by atoms with Gasteiger partial charge in [-0.3, -0.25) is 9.59 Å². The summed E-state index contributed by atoms with van der Waals surface area (Å²) in [5.41, 5.74) is 2.61. The lowest BCUT2D eigenvalue weighted by atomic mass is 10.0. The zero-order valence-electron chi connectivity index (χ0n) is 17.6. The first-order valence-corrected chi connectivity index (χ1v) is 10.9. The third-order valence-corrected chi connectivity index (χ3v) is 5.26. The molecule has 0 fully saturated rings. The SMILES string of the molecule is CCCNC(=O)C(c1ccccc1)N(Cc1ccccc1)C(=O)Cc1ccc(Cl)cc1. The largest absolute Gasteiger partial charge is 0.354 e. The van der Waals surface area contributed by atoms with Crippen LogP contribution in [0.4, 0.5) is 0 Å². The minimum Gasteiger partial charge on any atom is -0.354 e. The quantitative estimate of drug-likeness (QED) is 0.504. The summed E-state index contributed by atoms with van der Waals surface area (Å²) in [7, 11) is 0. The summed E-state index contributed by atoms with van der Waals surface area (Å²) in [5.74, 6) is -0.292. The second kappa shape index (κ2) is 11.3. The van der Waals surface area contributed by atoms with Crippen molar-refractivity contribution in [3.05, 3.63) is 107 Å². The van der Waals surface area contributed by atoms with Crippen molar-refractivity contribution < 1.29 is 9.59 Å². The number of hydrogen-bond acceptors (Lipinski definition) is 2. The van der Waals surface area contributed by atoms with Crippen molar-refractivity contribution in [1.29, 1.82) is 0 Å². The third kappa shape index (κ3) is 6.43. The molecule has 0 aliphatic heterocycles. The highest BCUT2D eigenvalue weighted by Gasteiger charge is 2.31. The van der Waals surface area contributed by atoms with Gasteiger partial charge in [0.05, 0.1) is 6.42 Å². The van der Waals surface area contributed by atoms with Crippen molar-refractivity contribution in [2.75, 3.05) is 6.54 Å². The fourth-order valence-corrected chi connectivity index (χ4v) is 3.56. The fourth-order valence-electron chi connectivity index (χ4n) is 3.44. The van der Waals surface area contributed by atoms with Gasteiger partial charge in [-0.25, -0.2) is 0 Å². The van der Waals surface area contributed by atoms with Crippen LogP contribution in [0.1, 0.15) is 36.1 Å². The standard InChI is InChI=1S/C26H27ClN2O2/c1-2-17-28-26(31)25(22-11-7-4-8-12-22)29(19-21-9-5-3-6-10-21)24(30)18-20-13-15-23(27)16-14-20/h3-16,25H,2,17-19H2,1H3,(H,28,31). The van der Waals surface area contributed by atoms with E-state index in [0.29, 0.717) is 18.1 Å². The van der Waals surface area contributed by atoms with Crippen LogP contribution in [-0.4, -0.2) is 23.3 Å². The Bertz CT molecular complexity index is 975. The average molecular weight is 435 g/mol. The molecule has 0 saturated heterocycles. The van der Waals surface area contributed by atoms with Crippen LogP contribution in [0, 0.1) is 0 Å². The molecule has 0 aliphatic carbocycles. The van der Waals surface area contributed by atoms with E-state index in [1.165, 1.54) is 0 Å². The number of amides is 2. The summed E-state index contributed by atoms with van der Waals surface area (Å²) in [6, 6.07) is 25.7. The van der Waals surface area contributed by atoms with Gasteiger partial charge in [-0.2, -0.15) is 0 Å². The number of rotatable bonds is 9. The van der Waals surface area contributed by atoms with Crippen LogP contribution in [0.5, 0.6) is 0 Å². The molecule has 160 valence electrons. The van der Waals surface area contributed by atoms with E-state index in [0.717, 1.165) is 23.1 Å². The molecule has 3 aromatic rings. The van der Waals surface area contributed by atoms with Gasteiger partial charge in [-0.15, -0.1) is 0 Å². The Morgan fingerprint density at radius 2 is 1.48 bits per heavy atom. The Labute approximate surface area is 188 Å². The molecule has 4 nitrogen and oxygen atoms in total. The normalized spacial score (nSPS) is 11.5. The summed E-state index contributed by atoms with van der Waals surface area (Å²) in [4.78, 5) is 28.4. The minimum absolute atomic E-state index is 0.119. The second-order valence-corrected chi connectivity index (χ2v) is 7.85. The summed E-state index contributed by atoms with van der Waals surface area (Å²) in [6.45, 7) is 2.91. The predicted octanol–water partition coefficient (Wildman–Crippen LogP) is 5.18. The molecule has 3 aromatic carbocycles. The van der Waals surface area contributed by atoms with Crippen LogP contribution in [-0.2, 0) is 22.6 Å². The van der Waals surface area contributed by atoms with Crippen LogP contribution in [0.15, 0.2) is 84.9 Å². The first kappa shape index (κ1) is 22.6. The summed E-state index contributed by atoms with van der Waals surface area (Å²) in [5, 5.41) is 3.60. The molecule has 2 amide bonds. The maximum Gasteiger partial charge on any atom is 0.247 e. The van der Waals surface area contributed by atoms with Crippen LogP contribution in [0.3, 0.4) is 0 Å². The van der Waals surface area contributed by atoms with Crippen molar-refractivity contribution in [3.8, 4) is 0 Å². The van der Waals surface area contributed by atoms with Crippen molar-refractivity contribution in [2.24, 2.45) is 0 Å². The highest BCUT2D eigenvalue weighted by molar-refractivity contribution is 6.30. The second-order valence-electron chi connectivity index (χ2n) is 7.41. The van der Waals surface area contributed by atoms with Crippen molar-refractivity contribution in [3.63, 3.8) is 0 Å². The predicted molar refractivity (Wildman–Crippen MR) is 125 cm³/mol. The molecular formula is C26H27ClN2O2. The molecular weight excluding hydrogens is 408 g/mol. The monoisotopic (exact) mass is 434 g/mol. The van der Waals surface area contributed by atoms with Crippen LogP contribution >= 0.6 is 11.6 Å². The van der Waals surface area contributed by atoms with Crippen molar-refractivity contribution in [1.82, 2.24) is 10.2 Å². The topological polar surface area (TPSA) is 49.4 Å². The number of halogens is 1. The average Bonchev–Trinajstić information content (AvgIpc) is 2.80. The van der Waals surface area contributed by atoms with Gasteiger partial charge >= 0.3 is 0 Å². The van der Waals surface area contributed by atoms with Gasteiger partial charge in [0.1, 0.15) is 6.04 Å². The smallest absolute Gasteiger partial charge is 0.247 e. The number of nitrogens with one attached hydrogen (secondary N) is 1. The molecule has 0 aromatic heterocycles. The van der Waals surface area contributed by atoms with E-state index in [2.05, 4.69) is 5.32 Å². The van der Waals surface area contributed by atoms with E-state index in [-0.39, 0.29) is 18.2 Å². The number of benzene rings is 3. The van der Waals surface area contributed by atoms with Gasteiger partial charge < -0.3 is 10.2 Å². The molecule has 1 N–H and O–H groups in total. The molecule has 0 radical (unpaired) electrons. The molecule has 0 spiro atoms. The van der Waals surface area contributed by atoms with E-state index < -0.39 is 6.04 Å². The van der Waals surface area contributed by atoms with E-state index in [1.54, 1.807) is 17.0 Å². The highest BCUT2D eigenvalue weighted by atomic mass is 35.5. The first-order chi connectivity index (χ1) is 15.1. The van der Waals surface area contributed by atoms with E-state index in [9.17, 15) is 9.59 Å². The van der Waals surface area contributed by atoms with Crippen LogP contribution in [0.2, 0.25) is 5.02 Å². The molecule has 0 bridgehead atoms. The Morgan fingerprint density at radius 1 is 0.871 bits per heavy atom. The van der Waals surface area contributed by atoms with Crippen molar-refractivity contribution in [2.45, 2.75) is 32.4 Å². The number of carbonyl (C=O) groups excluding carboxylic acids is 2.